The van der Waals surface area contributed by atoms with Crippen LogP contribution in [0.25, 0.3) is 0 Å². The summed E-state index contributed by atoms with van der Waals surface area (Å²) in [6.45, 7) is 0. The molecule has 2 nitrogen and oxygen atoms in total. The smallest absolute Gasteiger partial charge is 0.225 e. The first-order chi connectivity index (χ1) is 10.7. The molecule has 22 heavy (non-hydrogen) atoms. The summed E-state index contributed by atoms with van der Waals surface area (Å²) in [4.78, 5) is 11.6. The number of nitrogens with one attached hydrogen (secondary N) is 1. The number of benzene rings is 2. The fraction of sp³-hybridized carbons (Fsp3) is 0.316. The lowest BCUT2D eigenvalue weighted by molar-refractivity contribution is -0.115. The molecular formula is C19H20BrNO. The summed E-state index contributed by atoms with van der Waals surface area (Å²) in [7, 11) is 0. The van der Waals surface area contributed by atoms with E-state index in [1.165, 1.54) is 29.5 Å². The molecule has 1 aliphatic carbocycles. The SMILES string of the molecule is O=C(CCBr)Nc1ccc(CC2Cc3ccccc3C2)cc1. The minimum absolute atomic E-state index is 0.0517. The van der Waals surface area contributed by atoms with E-state index in [-0.39, 0.29) is 5.91 Å². The Kier molecular flexibility index (Phi) is 4.94. The van der Waals surface area contributed by atoms with Crippen LogP contribution >= 0.6 is 15.9 Å². The maximum absolute atomic E-state index is 11.6. The van der Waals surface area contributed by atoms with Gasteiger partial charge in [-0.15, -0.1) is 0 Å². The average Bonchev–Trinajstić information content (AvgIpc) is 2.91. The summed E-state index contributed by atoms with van der Waals surface area (Å²) in [6.07, 6.45) is 3.96. The van der Waals surface area contributed by atoms with E-state index in [9.17, 15) is 4.79 Å². The van der Waals surface area contributed by atoms with E-state index in [2.05, 4.69) is 57.6 Å². The molecule has 0 saturated carbocycles. The molecule has 0 saturated heterocycles. The van der Waals surface area contributed by atoms with Crippen LogP contribution in [0.2, 0.25) is 0 Å². The van der Waals surface area contributed by atoms with Crippen LogP contribution in [0.4, 0.5) is 5.69 Å². The third kappa shape index (κ3) is 3.77. The van der Waals surface area contributed by atoms with Gasteiger partial charge < -0.3 is 5.32 Å². The van der Waals surface area contributed by atoms with Crippen molar-refractivity contribution >= 4 is 27.5 Å². The molecule has 0 aromatic heterocycles. The summed E-state index contributed by atoms with van der Waals surface area (Å²) in [6, 6.07) is 17.0. The second-order valence-corrected chi connectivity index (χ2v) is 6.72. The number of carbonyl (C=O) groups excluding carboxylic acids is 1. The molecule has 2 aromatic carbocycles. The fourth-order valence-corrected chi connectivity index (χ4v) is 3.52. The molecule has 0 unspecified atom stereocenters. The number of amides is 1. The highest BCUT2D eigenvalue weighted by atomic mass is 79.9. The van der Waals surface area contributed by atoms with Crippen molar-refractivity contribution in [2.24, 2.45) is 5.92 Å². The van der Waals surface area contributed by atoms with Gasteiger partial charge in [0.05, 0.1) is 0 Å². The van der Waals surface area contributed by atoms with Crippen LogP contribution in [-0.2, 0) is 24.1 Å². The molecular weight excluding hydrogens is 338 g/mol. The van der Waals surface area contributed by atoms with Crippen LogP contribution in [0.5, 0.6) is 0 Å². The Morgan fingerprint density at radius 3 is 2.27 bits per heavy atom. The van der Waals surface area contributed by atoms with Crippen LogP contribution < -0.4 is 5.32 Å². The molecule has 3 rings (SSSR count). The van der Waals surface area contributed by atoms with Crippen molar-refractivity contribution in [2.45, 2.75) is 25.7 Å². The summed E-state index contributed by atoms with van der Waals surface area (Å²) in [5, 5.41) is 3.60. The molecule has 0 bridgehead atoms. The van der Waals surface area contributed by atoms with Crippen molar-refractivity contribution in [3.8, 4) is 0 Å². The lowest BCUT2D eigenvalue weighted by Crippen LogP contribution is -2.11. The van der Waals surface area contributed by atoms with Crippen molar-refractivity contribution in [3.05, 3.63) is 65.2 Å². The standard InChI is InChI=1S/C19H20BrNO/c20-10-9-19(22)21-18-7-5-14(6-8-18)11-15-12-16-3-1-2-4-17(16)13-15/h1-8,15H,9-13H2,(H,21,22). The van der Waals surface area contributed by atoms with Crippen molar-refractivity contribution in [1.29, 1.82) is 0 Å². The molecule has 1 amide bonds. The number of carbonyl (C=O) groups is 1. The lowest BCUT2D eigenvalue weighted by atomic mass is 9.96. The molecule has 0 spiro atoms. The molecule has 1 N–H and O–H groups in total. The molecule has 0 fully saturated rings. The number of halogens is 1. The van der Waals surface area contributed by atoms with E-state index in [1.54, 1.807) is 0 Å². The van der Waals surface area contributed by atoms with Gasteiger partial charge in [0, 0.05) is 17.4 Å². The van der Waals surface area contributed by atoms with Gasteiger partial charge in [-0.1, -0.05) is 52.3 Å². The Morgan fingerprint density at radius 1 is 1.05 bits per heavy atom. The van der Waals surface area contributed by atoms with Gasteiger partial charge >= 0.3 is 0 Å². The van der Waals surface area contributed by atoms with Crippen molar-refractivity contribution in [3.63, 3.8) is 0 Å². The first-order valence-corrected chi connectivity index (χ1v) is 8.88. The molecule has 3 heteroatoms. The van der Waals surface area contributed by atoms with E-state index in [0.717, 1.165) is 12.1 Å². The van der Waals surface area contributed by atoms with Gasteiger partial charge in [-0.05, 0) is 54.0 Å². The van der Waals surface area contributed by atoms with E-state index < -0.39 is 0 Å². The zero-order valence-corrected chi connectivity index (χ0v) is 14.1. The predicted octanol–water partition coefficient (Wildman–Crippen LogP) is 4.37. The third-order valence-electron chi connectivity index (χ3n) is 4.22. The number of alkyl halides is 1. The van der Waals surface area contributed by atoms with Crippen LogP contribution in [-0.4, -0.2) is 11.2 Å². The Labute approximate surface area is 140 Å². The molecule has 0 atom stereocenters. The van der Waals surface area contributed by atoms with E-state index in [0.29, 0.717) is 17.7 Å². The van der Waals surface area contributed by atoms with E-state index >= 15 is 0 Å². The number of rotatable bonds is 5. The molecule has 2 aromatic rings. The predicted molar refractivity (Wildman–Crippen MR) is 94.5 cm³/mol. The maximum Gasteiger partial charge on any atom is 0.225 e. The second kappa shape index (κ2) is 7.10. The highest BCUT2D eigenvalue weighted by Crippen LogP contribution is 2.29. The Balaban J connectivity index is 1.57. The largest absolute Gasteiger partial charge is 0.326 e. The van der Waals surface area contributed by atoms with Gasteiger partial charge in [0.1, 0.15) is 0 Å². The fourth-order valence-electron chi connectivity index (χ4n) is 3.16. The quantitative estimate of drug-likeness (QED) is 0.791. The number of fused-ring (bicyclic) bond motifs is 1. The Morgan fingerprint density at radius 2 is 1.68 bits per heavy atom. The van der Waals surface area contributed by atoms with Gasteiger partial charge in [-0.2, -0.15) is 0 Å². The summed E-state index contributed by atoms with van der Waals surface area (Å²) >= 11 is 3.28. The summed E-state index contributed by atoms with van der Waals surface area (Å²) in [5.74, 6) is 0.752. The maximum atomic E-state index is 11.6. The average molecular weight is 358 g/mol. The normalized spacial score (nSPS) is 13.9. The second-order valence-electron chi connectivity index (χ2n) is 5.93. The topological polar surface area (TPSA) is 29.1 Å². The zero-order valence-electron chi connectivity index (χ0n) is 12.5. The summed E-state index contributed by atoms with van der Waals surface area (Å²) in [5.41, 5.74) is 5.23. The van der Waals surface area contributed by atoms with Gasteiger partial charge in [0.15, 0.2) is 0 Å². The van der Waals surface area contributed by atoms with Crippen LogP contribution in [0.1, 0.15) is 23.1 Å². The van der Waals surface area contributed by atoms with Crippen LogP contribution in [0, 0.1) is 5.92 Å². The Bertz CT molecular complexity index is 626. The number of hydrogen-bond donors (Lipinski definition) is 1. The first kappa shape index (κ1) is 15.3. The number of anilines is 1. The molecule has 0 aliphatic heterocycles. The summed E-state index contributed by atoms with van der Waals surface area (Å²) < 4.78 is 0. The van der Waals surface area contributed by atoms with Gasteiger partial charge in [-0.3, -0.25) is 4.79 Å². The first-order valence-electron chi connectivity index (χ1n) is 7.76. The Hall–Kier alpha value is -1.61. The highest BCUT2D eigenvalue weighted by Gasteiger charge is 2.20. The minimum atomic E-state index is 0.0517. The monoisotopic (exact) mass is 357 g/mol. The molecule has 0 heterocycles. The van der Waals surface area contributed by atoms with Crippen LogP contribution in [0.3, 0.4) is 0 Å². The third-order valence-corrected chi connectivity index (χ3v) is 4.62. The van der Waals surface area contributed by atoms with Crippen LogP contribution in [0.15, 0.2) is 48.5 Å². The highest BCUT2D eigenvalue weighted by molar-refractivity contribution is 9.09. The van der Waals surface area contributed by atoms with E-state index in [1.807, 2.05) is 12.1 Å². The molecule has 0 radical (unpaired) electrons. The lowest BCUT2D eigenvalue weighted by Gasteiger charge is -2.10. The van der Waals surface area contributed by atoms with Gasteiger partial charge in [-0.25, -0.2) is 0 Å². The van der Waals surface area contributed by atoms with Crippen molar-refractivity contribution < 1.29 is 4.79 Å². The van der Waals surface area contributed by atoms with E-state index in [4.69, 9.17) is 0 Å². The zero-order chi connectivity index (χ0) is 15.4. The number of hydrogen-bond acceptors (Lipinski definition) is 1. The van der Waals surface area contributed by atoms with Crippen molar-refractivity contribution in [1.82, 2.24) is 0 Å². The van der Waals surface area contributed by atoms with Gasteiger partial charge in [0.25, 0.3) is 0 Å². The van der Waals surface area contributed by atoms with Crippen molar-refractivity contribution in [2.75, 3.05) is 10.6 Å². The molecule has 1 aliphatic rings. The molecule has 114 valence electrons. The minimum Gasteiger partial charge on any atom is -0.326 e. The van der Waals surface area contributed by atoms with Gasteiger partial charge in [0.2, 0.25) is 5.91 Å².